The van der Waals surface area contributed by atoms with Gasteiger partial charge in [0, 0.05) is 3.57 Å². The molecule has 0 atom stereocenters. The number of rotatable bonds is 5. The number of carbonyl (C=O) groups excluding carboxylic acids is 1. The lowest BCUT2D eigenvalue weighted by Gasteiger charge is -2.29. The van der Waals surface area contributed by atoms with Gasteiger partial charge in [-0.1, -0.05) is 4.90 Å². The van der Waals surface area contributed by atoms with Crippen molar-refractivity contribution in [3.63, 3.8) is 0 Å². The molecule has 2 aliphatic rings. The van der Waals surface area contributed by atoms with Crippen LogP contribution in [0.3, 0.4) is 0 Å². The number of hydrazine groups is 1. The fraction of sp³-hybridized carbons (Fsp3) is 0.200. The predicted octanol–water partition coefficient (Wildman–Crippen LogP) is 2.01. The van der Waals surface area contributed by atoms with Gasteiger partial charge in [-0.25, -0.2) is 14.9 Å². The summed E-state index contributed by atoms with van der Waals surface area (Å²) in [6.07, 6.45) is 4.90. The van der Waals surface area contributed by atoms with Crippen LogP contribution in [0.2, 0.25) is 0 Å². The number of hydrogen-bond donors (Lipinski definition) is 2. The van der Waals surface area contributed by atoms with Crippen LogP contribution in [0.4, 0.5) is 10.1 Å². The molecule has 1 radical (unpaired) electrons. The van der Waals surface area contributed by atoms with Crippen LogP contribution >= 0.6 is 22.6 Å². The third-order valence-electron chi connectivity index (χ3n) is 3.35. The first-order chi connectivity index (χ1) is 11.6. The standard InChI is InChI=1S/C15H15FIN5O2/c1-2-24-20-15(23)14-8-21-9-18-6-11(21)7-22(14)19-13-4-3-10(17)5-12(13)16/h3-6,8-9,19H,2,7H2,1H3,(H,20,23)/q+1. The summed E-state index contributed by atoms with van der Waals surface area (Å²) in [5, 5.41) is 1.55. The second kappa shape index (κ2) is 7.28. The lowest BCUT2D eigenvalue weighted by Crippen LogP contribution is -2.46. The van der Waals surface area contributed by atoms with E-state index in [9.17, 15) is 9.18 Å². The van der Waals surface area contributed by atoms with Crippen molar-refractivity contribution in [1.29, 1.82) is 0 Å². The first kappa shape index (κ1) is 16.9. The number of aliphatic imine (C=N–C) groups is 1. The number of carbonyl (C=O) groups is 1. The van der Waals surface area contributed by atoms with Crippen LogP contribution in [-0.2, 0) is 9.63 Å². The Bertz CT molecular complexity index is 749. The largest absolute Gasteiger partial charge is 0.298 e. The van der Waals surface area contributed by atoms with Crippen LogP contribution in [-0.4, -0.2) is 30.4 Å². The number of hydroxylamine groups is 1. The first-order valence-corrected chi connectivity index (χ1v) is 8.30. The topological polar surface area (TPSA) is 71.9 Å². The van der Waals surface area contributed by atoms with Gasteiger partial charge < -0.3 is 0 Å². The monoisotopic (exact) mass is 443 g/mol. The molecule has 24 heavy (non-hydrogen) atoms. The number of halogens is 2. The van der Waals surface area contributed by atoms with Crippen molar-refractivity contribution in [1.82, 2.24) is 15.4 Å². The van der Waals surface area contributed by atoms with Crippen LogP contribution < -0.4 is 15.8 Å². The molecule has 3 rings (SSSR count). The number of amides is 1. The Morgan fingerprint density at radius 1 is 1.54 bits per heavy atom. The summed E-state index contributed by atoms with van der Waals surface area (Å²) in [6, 6.07) is 4.83. The Morgan fingerprint density at radius 3 is 3.12 bits per heavy atom. The Morgan fingerprint density at radius 2 is 2.38 bits per heavy atom. The molecular formula is C15H15FIN5O2+. The van der Waals surface area contributed by atoms with Gasteiger partial charge in [-0.2, -0.15) is 0 Å². The van der Waals surface area contributed by atoms with Crippen LogP contribution in [0, 0.1) is 9.39 Å². The summed E-state index contributed by atoms with van der Waals surface area (Å²) in [5.74, 6) is -0.833. The second-order valence-electron chi connectivity index (χ2n) is 4.99. The highest BCUT2D eigenvalue weighted by Gasteiger charge is 2.36. The molecule has 0 aromatic heterocycles. The summed E-state index contributed by atoms with van der Waals surface area (Å²) >= 11 is 2.04. The summed E-state index contributed by atoms with van der Waals surface area (Å²) in [7, 11) is 0. The van der Waals surface area contributed by atoms with Gasteiger partial charge in [-0.05, 0) is 47.7 Å². The van der Waals surface area contributed by atoms with Crippen molar-refractivity contribution in [2.75, 3.05) is 18.6 Å². The highest BCUT2D eigenvalue weighted by Crippen LogP contribution is 2.23. The fourth-order valence-electron chi connectivity index (χ4n) is 2.22. The maximum atomic E-state index is 14.1. The molecule has 0 aliphatic carbocycles. The van der Waals surface area contributed by atoms with E-state index in [2.05, 4.69) is 15.9 Å². The molecule has 0 spiro atoms. The Kier molecular flexibility index (Phi) is 5.11. The van der Waals surface area contributed by atoms with E-state index in [1.54, 1.807) is 47.7 Å². The zero-order chi connectivity index (χ0) is 17.1. The number of fused-ring (bicyclic) bond motifs is 1. The van der Waals surface area contributed by atoms with Crippen LogP contribution in [0.5, 0.6) is 0 Å². The summed E-state index contributed by atoms with van der Waals surface area (Å²) in [5.41, 5.74) is 6.71. The average molecular weight is 443 g/mol. The van der Waals surface area contributed by atoms with Crippen molar-refractivity contribution in [2.45, 2.75) is 6.92 Å². The summed E-state index contributed by atoms with van der Waals surface area (Å²) in [4.78, 5) is 23.1. The molecule has 2 N–H and O–H groups in total. The van der Waals surface area contributed by atoms with Crippen molar-refractivity contribution < 1.29 is 14.0 Å². The smallest absolute Gasteiger partial charge is 0.295 e. The Hall–Kier alpha value is -1.98. The first-order valence-electron chi connectivity index (χ1n) is 7.22. The average Bonchev–Trinajstić information content (AvgIpc) is 3.01. The molecule has 1 aromatic carbocycles. The van der Waals surface area contributed by atoms with E-state index in [0.29, 0.717) is 13.2 Å². The molecule has 9 heteroatoms. The minimum absolute atomic E-state index is 0.276. The Balaban J connectivity index is 1.85. The van der Waals surface area contributed by atoms with Crippen LogP contribution in [0.25, 0.3) is 0 Å². The van der Waals surface area contributed by atoms with Gasteiger partial charge in [0.25, 0.3) is 5.91 Å². The number of hydrogen-bond acceptors (Lipinski definition) is 6. The molecule has 125 valence electrons. The summed E-state index contributed by atoms with van der Waals surface area (Å²) < 4.78 is 14.9. The SMILES string of the molecule is CCONC(=O)C1=C[N+]2C=NC=C2CN1Nc1ccc(I)cc1F. The van der Waals surface area contributed by atoms with Crippen LogP contribution in [0.15, 0.2) is 47.0 Å². The van der Waals surface area contributed by atoms with E-state index in [4.69, 9.17) is 4.84 Å². The van der Waals surface area contributed by atoms with E-state index < -0.39 is 11.7 Å². The molecule has 0 saturated carbocycles. The van der Waals surface area contributed by atoms with E-state index in [-0.39, 0.29) is 11.4 Å². The third-order valence-corrected chi connectivity index (χ3v) is 4.02. The van der Waals surface area contributed by atoms with Gasteiger partial charge >= 0.3 is 0 Å². The highest BCUT2D eigenvalue weighted by atomic mass is 127. The van der Waals surface area contributed by atoms with Crippen LogP contribution in [0.1, 0.15) is 6.92 Å². The van der Waals surface area contributed by atoms with Crippen molar-refractivity contribution in [3.05, 3.63) is 51.4 Å². The molecule has 1 amide bonds. The molecule has 0 bridgehead atoms. The zero-order valence-corrected chi connectivity index (χ0v) is 14.9. The van der Waals surface area contributed by atoms with Crippen molar-refractivity contribution in [3.8, 4) is 0 Å². The predicted molar refractivity (Wildman–Crippen MR) is 96.0 cm³/mol. The van der Waals surface area contributed by atoms with Gasteiger partial charge in [0.05, 0.1) is 18.5 Å². The number of benzene rings is 1. The van der Waals surface area contributed by atoms with Gasteiger partial charge in [0.1, 0.15) is 12.4 Å². The van der Waals surface area contributed by atoms with E-state index >= 15 is 0 Å². The second-order valence-corrected chi connectivity index (χ2v) is 6.24. The molecule has 0 saturated heterocycles. The lowest BCUT2D eigenvalue weighted by atomic mass is 10.2. The minimum Gasteiger partial charge on any atom is -0.295 e. The molecule has 7 nitrogen and oxygen atoms in total. The highest BCUT2D eigenvalue weighted by molar-refractivity contribution is 14.1. The minimum atomic E-state index is -0.436. The number of nitrogens with zero attached hydrogens (tertiary/aromatic N) is 3. The lowest BCUT2D eigenvalue weighted by molar-refractivity contribution is -0.130. The third kappa shape index (κ3) is 3.57. The van der Waals surface area contributed by atoms with Gasteiger partial charge in [-0.3, -0.25) is 20.1 Å². The normalized spacial score (nSPS) is 16.5. The molecule has 0 fully saturated rings. The van der Waals surface area contributed by atoms with E-state index in [0.717, 1.165) is 9.27 Å². The number of nitrogens with one attached hydrogen (secondary N) is 2. The van der Waals surface area contributed by atoms with E-state index in [1.807, 2.05) is 22.6 Å². The zero-order valence-electron chi connectivity index (χ0n) is 12.8. The maximum absolute atomic E-state index is 14.1. The fourth-order valence-corrected chi connectivity index (χ4v) is 2.67. The number of anilines is 1. The van der Waals surface area contributed by atoms with E-state index in [1.165, 1.54) is 6.07 Å². The maximum Gasteiger partial charge on any atom is 0.298 e. The molecule has 2 aliphatic heterocycles. The van der Waals surface area contributed by atoms with Gasteiger partial charge in [-0.15, -0.1) is 0 Å². The van der Waals surface area contributed by atoms with Crippen molar-refractivity contribution >= 4 is 40.5 Å². The quantitative estimate of drug-likeness (QED) is 0.415. The van der Waals surface area contributed by atoms with Gasteiger partial charge in [0.2, 0.25) is 12.0 Å². The summed E-state index contributed by atoms with van der Waals surface area (Å²) in [6.45, 7) is 2.45. The molecular weight excluding hydrogens is 428 g/mol. The van der Waals surface area contributed by atoms with Gasteiger partial charge in [0.15, 0.2) is 11.9 Å². The molecule has 0 unspecified atom stereocenters. The van der Waals surface area contributed by atoms with Crippen molar-refractivity contribution in [2.24, 2.45) is 4.99 Å². The molecule has 2 heterocycles. The molecule has 1 aromatic rings. The Labute approximate surface area is 151 Å².